The number of hydrogen-bond acceptors (Lipinski definition) is 15. The van der Waals surface area contributed by atoms with E-state index in [0.29, 0.717) is 157 Å². The Morgan fingerprint density at radius 3 is 0.878 bits per heavy atom. The fourth-order valence-corrected chi connectivity index (χ4v) is 3.42. The summed E-state index contributed by atoms with van der Waals surface area (Å²) < 4.78 is 69.7. The van der Waals surface area contributed by atoms with Gasteiger partial charge in [0.1, 0.15) is 13.2 Å². The standard InChI is InChI=1S/C34H64O15/c1-4-5-6-7-33(35)48-30-28-46-26-24-44-22-20-42-18-16-40-14-12-38-10-8-37-9-11-39-13-15-41-17-19-43-21-23-45-25-27-47-29-31-49-34(36)32(2)3/h2,4-31H2,1,3H3. The molecule has 0 rings (SSSR count). The van der Waals surface area contributed by atoms with E-state index in [-0.39, 0.29) is 19.2 Å². The van der Waals surface area contributed by atoms with Crippen molar-refractivity contribution >= 4 is 11.9 Å². The van der Waals surface area contributed by atoms with E-state index in [4.69, 9.17) is 61.6 Å². The van der Waals surface area contributed by atoms with Crippen molar-refractivity contribution in [3.63, 3.8) is 0 Å². The van der Waals surface area contributed by atoms with Gasteiger partial charge in [0.25, 0.3) is 0 Å². The average Bonchev–Trinajstić information content (AvgIpc) is 3.09. The average molecular weight is 713 g/mol. The molecule has 0 unspecified atom stereocenters. The van der Waals surface area contributed by atoms with Crippen LogP contribution < -0.4 is 0 Å². The number of rotatable bonds is 41. The quantitative estimate of drug-likeness (QED) is 0.0518. The highest BCUT2D eigenvalue weighted by molar-refractivity contribution is 5.86. The number of esters is 2. The molecule has 0 amide bonds. The van der Waals surface area contributed by atoms with E-state index in [1.54, 1.807) is 6.92 Å². The van der Waals surface area contributed by atoms with Crippen molar-refractivity contribution in [2.24, 2.45) is 0 Å². The van der Waals surface area contributed by atoms with Gasteiger partial charge < -0.3 is 61.6 Å². The van der Waals surface area contributed by atoms with Crippen LogP contribution in [0.4, 0.5) is 0 Å². The minimum Gasteiger partial charge on any atom is -0.463 e. The summed E-state index contributed by atoms with van der Waals surface area (Å²) in [4.78, 5) is 22.6. The molecule has 0 heterocycles. The Labute approximate surface area is 293 Å². The smallest absolute Gasteiger partial charge is 0.333 e. The lowest BCUT2D eigenvalue weighted by molar-refractivity contribution is -0.145. The molecule has 0 aliphatic rings. The third kappa shape index (κ3) is 40.6. The predicted molar refractivity (Wildman–Crippen MR) is 180 cm³/mol. The molecule has 0 bridgehead atoms. The Hall–Kier alpha value is -1.76. The van der Waals surface area contributed by atoms with E-state index in [1.165, 1.54) is 0 Å². The van der Waals surface area contributed by atoms with E-state index in [9.17, 15) is 9.59 Å². The normalized spacial score (nSPS) is 11.2. The second-order valence-electron chi connectivity index (χ2n) is 10.3. The number of carbonyl (C=O) groups is 2. The number of carbonyl (C=O) groups excluding carboxylic acids is 2. The molecule has 290 valence electrons. The maximum Gasteiger partial charge on any atom is 0.333 e. The highest BCUT2D eigenvalue weighted by atomic mass is 16.6. The summed E-state index contributed by atoms with van der Waals surface area (Å²) in [7, 11) is 0. The Morgan fingerprint density at radius 1 is 0.388 bits per heavy atom. The topological polar surface area (TPSA) is 154 Å². The zero-order valence-corrected chi connectivity index (χ0v) is 30.1. The Bertz CT molecular complexity index is 726. The van der Waals surface area contributed by atoms with Crippen LogP contribution in [0, 0.1) is 0 Å². The summed E-state index contributed by atoms with van der Waals surface area (Å²) >= 11 is 0. The summed E-state index contributed by atoms with van der Waals surface area (Å²) in [5.41, 5.74) is 0.367. The first-order valence-corrected chi connectivity index (χ1v) is 17.4. The van der Waals surface area contributed by atoms with Gasteiger partial charge in [0.05, 0.1) is 145 Å². The van der Waals surface area contributed by atoms with Gasteiger partial charge in [-0.05, 0) is 13.3 Å². The molecule has 0 aliphatic heterocycles. The zero-order chi connectivity index (χ0) is 35.7. The first-order valence-electron chi connectivity index (χ1n) is 17.4. The second-order valence-corrected chi connectivity index (χ2v) is 10.3. The lowest BCUT2D eigenvalue weighted by atomic mass is 10.2. The summed E-state index contributed by atoms with van der Waals surface area (Å²) in [6.45, 7) is 17.8. The largest absolute Gasteiger partial charge is 0.463 e. The van der Waals surface area contributed by atoms with Gasteiger partial charge in [0.2, 0.25) is 0 Å². The highest BCUT2D eigenvalue weighted by Gasteiger charge is 2.03. The molecule has 0 radical (unpaired) electrons. The molecule has 0 aromatic rings. The molecule has 0 saturated carbocycles. The molecule has 0 spiro atoms. The predicted octanol–water partition coefficient (Wildman–Crippen LogP) is 2.41. The van der Waals surface area contributed by atoms with Gasteiger partial charge in [-0.15, -0.1) is 0 Å². The molecule has 15 heteroatoms. The molecule has 15 nitrogen and oxygen atoms in total. The highest BCUT2D eigenvalue weighted by Crippen LogP contribution is 2.00. The van der Waals surface area contributed by atoms with Crippen LogP contribution in [0.5, 0.6) is 0 Å². The van der Waals surface area contributed by atoms with Gasteiger partial charge in [-0.3, -0.25) is 4.79 Å². The monoisotopic (exact) mass is 712 g/mol. The molecule has 0 aliphatic carbocycles. The molecular weight excluding hydrogens is 648 g/mol. The van der Waals surface area contributed by atoms with Gasteiger partial charge in [0.15, 0.2) is 0 Å². The lowest BCUT2D eigenvalue weighted by Crippen LogP contribution is -2.16. The fourth-order valence-electron chi connectivity index (χ4n) is 3.42. The van der Waals surface area contributed by atoms with E-state index >= 15 is 0 Å². The third-order valence-corrected chi connectivity index (χ3v) is 6.00. The van der Waals surface area contributed by atoms with Crippen molar-refractivity contribution in [1.29, 1.82) is 0 Å². The van der Waals surface area contributed by atoms with Crippen molar-refractivity contribution < 1.29 is 71.2 Å². The van der Waals surface area contributed by atoms with Crippen molar-refractivity contribution in [3.05, 3.63) is 12.2 Å². The van der Waals surface area contributed by atoms with E-state index in [1.807, 2.05) is 0 Å². The lowest BCUT2D eigenvalue weighted by Gasteiger charge is -2.09. The fraction of sp³-hybridized carbons (Fsp3) is 0.882. The molecule has 0 N–H and O–H groups in total. The number of ether oxygens (including phenoxy) is 13. The Kier molecular flexibility index (Phi) is 39.2. The van der Waals surface area contributed by atoms with Crippen molar-refractivity contribution in [2.75, 3.05) is 159 Å². The molecule has 49 heavy (non-hydrogen) atoms. The van der Waals surface area contributed by atoms with Gasteiger partial charge in [-0.2, -0.15) is 0 Å². The SMILES string of the molecule is C=C(C)C(=O)OCCOCCOCCOCCOCCOCCOCCOCCOCCOCCOCCOCCOC(=O)CCCCC. The van der Waals surface area contributed by atoms with Gasteiger partial charge in [0, 0.05) is 12.0 Å². The Balaban J connectivity index is 3.10. The summed E-state index contributed by atoms with van der Waals surface area (Å²) in [5.74, 6) is -0.580. The van der Waals surface area contributed by atoms with E-state index < -0.39 is 5.97 Å². The van der Waals surface area contributed by atoms with Crippen LogP contribution in [-0.2, 0) is 71.2 Å². The van der Waals surface area contributed by atoms with E-state index in [2.05, 4.69) is 13.5 Å². The second kappa shape index (κ2) is 40.7. The van der Waals surface area contributed by atoms with Crippen molar-refractivity contribution in [2.45, 2.75) is 39.5 Å². The summed E-state index contributed by atoms with van der Waals surface area (Å²) in [5, 5.41) is 0. The maximum absolute atomic E-state index is 11.5. The molecule has 0 aromatic heterocycles. The summed E-state index contributed by atoms with van der Waals surface area (Å²) in [6.07, 6.45) is 3.48. The molecule has 0 aromatic carbocycles. The molecule has 0 fully saturated rings. The third-order valence-electron chi connectivity index (χ3n) is 6.00. The molecular formula is C34H64O15. The first-order chi connectivity index (χ1) is 24.1. The van der Waals surface area contributed by atoms with E-state index in [0.717, 1.165) is 19.3 Å². The number of hydrogen-bond donors (Lipinski definition) is 0. The maximum atomic E-state index is 11.5. The van der Waals surface area contributed by atoms with Crippen LogP contribution in [0.1, 0.15) is 39.5 Å². The minimum atomic E-state index is -0.416. The Morgan fingerprint density at radius 2 is 0.633 bits per heavy atom. The van der Waals surface area contributed by atoms with Gasteiger partial charge in [-0.25, -0.2) is 4.79 Å². The van der Waals surface area contributed by atoms with Gasteiger partial charge in [-0.1, -0.05) is 26.3 Å². The van der Waals surface area contributed by atoms with Crippen LogP contribution >= 0.6 is 0 Å². The minimum absolute atomic E-state index is 0.164. The van der Waals surface area contributed by atoms with Crippen molar-refractivity contribution in [1.82, 2.24) is 0 Å². The van der Waals surface area contributed by atoms with Gasteiger partial charge >= 0.3 is 11.9 Å². The van der Waals surface area contributed by atoms with Crippen LogP contribution in [0.15, 0.2) is 12.2 Å². The molecule has 0 saturated heterocycles. The summed E-state index contributed by atoms with van der Waals surface area (Å²) in [6, 6.07) is 0. The zero-order valence-electron chi connectivity index (χ0n) is 30.1. The van der Waals surface area contributed by atoms with Crippen LogP contribution in [0.25, 0.3) is 0 Å². The first kappa shape index (κ1) is 47.2. The number of unbranched alkanes of at least 4 members (excludes halogenated alkanes) is 2. The van der Waals surface area contributed by atoms with Crippen LogP contribution in [0.2, 0.25) is 0 Å². The molecule has 0 atom stereocenters. The van der Waals surface area contributed by atoms with Crippen molar-refractivity contribution in [3.8, 4) is 0 Å². The van der Waals surface area contributed by atoms with Crippen LogP contribution in [0.3, 0.4) is 0 Å². The van der Waals surface area contributed by atoms with Crippen LogP contribution in [-0.4, -0.2) is 171 Å².